The van der Waals surface area contributed by atoms with Crippen LogP contribution in [0.5, 0.6) is 0 Å². The Morgan fingerprint density at radius 1 is 1.40 bits per heavy atom. The molecule has 0 bridgehead atoms. The van der Waals surface area contributed by atoms with Crippen LogP contribution in [0, 0.1) is 0 Å². The van der Waals surface area contributed by atoms with Crippen LogP contribution in [0.1, 0.15) is 6.92 Å². The second-order valence-electron chi connectivity index (χ2n) is 3.01. The monoisotopic (exact) mass is 225 g/mol. The highest BCUT2D eigenvalue weighted by molar-refractivity contribution is 6.35. The molecule has 0 saturated carbocycles. The molecule has 15 heavy (non-hydrogen) atoms. The average Bonchev–Trinajstić information content (AvgIpc) is 2.43. The molecule has 2 aromatic rings. The van der Waals surface area contributed by atoms with Crippen molar-refractivity contribution in [3.63, 3.8) is 0 Å². The van der Waals surface area contributed by atoms with Crippen LogP contribution in [0.2, 0.25) is 5.02 Å². The van der Waals surface area contributed by atoms with E-state index in [1.165, 1.54) is 11.6 Å². The van der Waals surface area contributed by atoms with Crippen LogP contribution in [0.3, 0.4) is 0 Å². The normalized spacial score (nSPS) is 9.47. The second kappa shape index (κ2) is 4.70. The van der Waals surface area contributed by atoms with Gasteiger partial charge in [-0.15, -0.1) is 0 Å². The fourth-order valence-corrected chi connectivity index (χ4v) is 1.43. The zero-order valence-electron chi connectivity index (χ0n) is 8.27. The van der Waals surface area contributed by atoms with Gasteiger partial charge in [0.25, 0.3) is 0 Å². The zero-order chi connectivity index (χ0) is 11.4. The summed E-state index contributed by atoms with van der Waals surface area (Å²) in [5, 5.41) is 1.69. The molecule has 1 amide bonds. The number of hydrogen-bond donors (Lipinski definition) is 2. The number of aromatic nitrogens is 1. The lowest BCUT2D eigenvalue weighted by atomic mass is 10.2. The SMILES string of the molecule is CC(N)=O.Nn1cc(Cl)c2ccccc21. The molecule has 0 aliphatic rings. The van der Waals surface area contributed by atoms with Crippen LogP contribution in [0.25, 0.3) is 10.9 Å². The molecule has 0 aliphatic carbocycles. The molecule has 1 aromatic carbocycles. The van der Waals surface area contributed by atoms with Gasteiger partial charge in [-0.2, -0.15) is 0 Å². The summed E-state index contributed by atoms with van der Waals surface area (Å²) in [6, 6.07) is 7.75. The van der Waals surface area contributed by atoms with Crippen molar-refractivity contribution in [2.75, 3.05) is 5.84 Å². The maximum atomic E-state index is 9.22. The van der Waals surface area contributed by atoms with E-state index in [4.69, 9.17) is 17.4 Å². The highest BCUT2D eigenvalue weighted by Crippen LogP contribution is 2.23. The number of hydrogen-bond acceptors (Lipinski definition) is 2. The molecule has 0 spiro atoms. The van der Waals surface area contributed by atoms with Crippen LogP contribution < -0.4 is 11.6 Å². The van der Waals surface area contributed by atoms with Crippen molar-refractivity contribution in [1.29, 1.82) is 0 Å². The maximum Gasteiger partial charge on any atom is 0.214 e. The Hall–Kier alpha value is -1.68. The number of nitrogens with two attached hydrogens (primary N) is 2. The van der Waals surface area contributed by atoms with E-state index in [2.05, 4.69) is 5.73 Å². The Labute approximate surface area is 92.4 Å². The Morgan fingerprint density at radius 3 is 2.47 bits per heavy atom. The van der Waals surface area contributed by atoms with E-state index >= 15 is 0 Å². The number of fused-ring (bicyclic) bond motifs is 1. The highest BCUT2D eigenvalue weighted by Gasteiger charge is 2.01. The third-order valence-corrected chi connectivity index (χ3v) is 1.99. The third-order valence-electron chi connectivity index (χ3n) is 1.69. The number of benzene rings is 1. The minimum absolute atomic E-state index is 0.333. The lowest BCUT2D eigenvalue weighted by Crippen LogP contribution is -2.04. The fraction of sp³-hybridized carbons (Fsp3) is 0.100. The predicted octanol–water partition coefficient (Wildman–Crippen LogP) is 1.50. The number of carbonyl (C=O) groups excluding carboxylic acids is 1. The van der Waals surface area contributed by atoms with Gasteiger partial charge >= 0.3 is 0 Å². The molecule has 1 aromatic heterocycles. The summed E-state index contributed by atoms with van der Waals surface area (Å²) in [6.07, 6.45) is 1.70. The number of para-hydroxylation sites is 1. The summed E-state index contributed by atoms with van der Waals surface area (Å²) in [4.78, 5) is 9.22. The van der Waals surface area contributed by atoms with Gasteiger partial charge in [0.2, 0.25) is 5.91 Å². The molecule has 5 heteroatoms. The first-order chi connectivity index (χ1) is 7.02. The Bertz CT molecular complexity index is 438. The van der Waals surface area contributed by atoms with Crippen LogP contribution >= 0.6 is 11.6 Å². The molecule has 80 valence electrons. The molecule has 4 nitrogen and oxygen atoms in total. The molecular formula is C10H12ClN3O. The van der Waals surface area contributed by atoms with Gasteiger partial charge < -0.3 is 11.6 Å². The summed E-state index contributed by atoms with van der Waals surface area (Å²) in [5.74, 6) is 5.28. The van der Waals surface area contributed by atoms with Crippen molar-refractivity contribution in [2.24, 2.45) is 5.73 Å². The van der Waals surface area contributed by atoms with Crippen molar-refractivity contribution in [2.45, 2.75) is 6.92 Å². The Kier molecular flexibility index (Phi) is 3.57. The van der Waals surface area contributed by atoms with Crippen molar-refractivity contribution >= 4 is 28.4 Å². The van der Waals surface area contributed by atoms with Crippen molar-refractivity contribution in [3.05, 3.63) is 35.5 Å². The lowest BCUT2D eigenvalue weighted by molar-refractivity contribution is -0.115. The Morgan fingerprint density at radius 2 is 1.93 bits per heavy atom. The van der Waals surface area contributed by atoms with Gasteiger partial charge in [0.15, 0.2) is 0 Å². The molecule has 0 saturated heterocycles. The number of nitrogen functional groups attached to an aromatic ring is 1. The van der Waals surface area contributed by atoms with Gasteiger partial charge in [-0.05, 0) is 6.07 Å². The average molecular weight is 226 g/mol. The minimum atomic E-state index is -0.333. The van der Waals surface area contributed by atoms with Gasteiger partial charge in [-0.1, -0.05) is 29.8 Å². The number of halogens is 1. The number of rotatable bonds is 0. The van der Waals surface area contributed by atoms with Gasteiger partial charge in [-0.25, -0.2) is 0 Å². The summed E-state index contributed by atoms with van der Waals surface area (Å²) >= 11 is 5.88. The topological polar surface area (TPSA) is 74.0 Å². The van der Waals surface area contributed by atoms with Crippen molar-refractivity contribution < 1.29 is 4.79 Å². The standard InChI is InChI=1S/C8H7ClN2.C2H5NO/c9-7-5-11(10)8-4-2-1-3-6(7)8;1-2(3)4/h1-5H,10H2;1H3,(H2,3,4). The quantitative estimate of drug-likeness (QED) is 0.667. The number of carbonyl (C=O) groups is 1. The molecule has 0 radical (unpaired) electrons. The molecule has 4 N–H and O–H groups in total. The van der Waals surface area contributed by atoms with Crippen molar-refractivity contribution in [3.8, 4) is 0 Å². The van der Waals surface area contributed by atoms with Gasteiger partial charge in [0.05, 0.1) is 10.5 Å². The van der Waals surface area contributed by atoms with E-state index in [-0.39, 0.29) is 5.91 Å². The lowest BCUT2D eigenvalue weighted by Gasteiger charge is -1.92. The fourth-order valence-electron chi connectivity index (χ4n) is 1.16. The number of primary amides is 1. The van der Waals surface area contributed by atoms with E-state index in [0.29, 0.717) is 5.02 Å². The summed E-state index contributed by atoms with van der Waals surface area (Å²) in [6.45, 7) is 1.31. The first kappa shape index (κ1) is 11.4. The van der Waals surface area contributed by atoms with Gasteiger partial charge in [-0.3, -0.25) is 9.47 Å². The van der Waals surface area contributed by atoms with E-state index < -0.39 is 0 Å². The van der Waals surface area contributed by atoms with E-state index in [0.717, 1.165) is 10.9 Å². The smallest absolute Gasteiger partial charge is 0.214 e. The predicted molar refractivity (Wildman–Crippen MR) is 62.0 cm³/mol. The van der Waals surface area contributed by atoms with Crippen LogP contribution in [-0.2, 0) is 4.79 Å². The molecule has 0 aliphatic heterocycles. The zero-order valence-corrected chi connectivity index (χ0v) is 9.03. The summed E-state index contributed by atoms with van der Waals surface area (Å²) in [5.41, 5.74) is 5.43. The highest BCUT2D eigenvalue weighted by atomic mass is 35.5. The molecule has 0 fully saturated rings. The van der Waals surface area contributed by atoms with Crippen molar-refractivity contribution in [1.82, 2.24) is 4.68 Å². The first-order valence-corrected chi connectivity index (χ1v) is 4.67. The van der Waals surface area contributed by atoms with E-state index in [9.17, 15) is 4.79 Å². The molecule has 1 heterocycles. The molecule has 0 atom stereocenters. The summed E-state index contributed by atoms with van der Waals surface area (Å²) < 4.78 is 1.53. The molecular weight excluding hydrogens is 214 g/mol. The summed E-state index contributed by atoms with van der Waals surface area (Å²) in [7, 11) is 0. The maximum absolute atomic E-state index is 9.22. The Balaban J connectivity index is 0.000000245. The number of nitrogens with zero attached hydrogens (tertiary/aromatic N) is 1. The largest absolute Gasteiger partial charge is 0.370 e. The van der Waals surface area contributed by atoms with Crippen LogP contribution in [0.4, 0.5) is 0 Å². The van der Waals surface area contributed by atoms with Crippen LogP contribution in [0.15, 0.2) is 30.5 Å². The third kappa shape index (κ3) is 2.89. The molecule has 2 rings (SSSR count). The first-order valence-electron chi connectivity index (χ1n) is 4.29. The second-order valence-corrected chi connectivity index (χ2v) is 3.42. The van der Waals surface area contributed by atoms with Gasteiger partial charge in [0.1, 0.15) is 0 Å². The van der Waals surface area contributed by atoms with E-state index in [1.807, 2.05) is 24.3 Å². The molecule has 0 unspecified atom stereocenters. The van der Waals surface area contributed by atoms with E-state index in [1.54, 1.807) is 6.20 Å². The van der Waals surface area contributed by atoms with Crippen LogP contribution in [-0.4, -0.2) is 10.6 Å². The number of amides is 1. The minimum Gasteiger partial charge on any atom is -0.370 e. The van der Waals surface area contributed by atoms with Gasteiger partial charge in [0, 0.05) is 18.5 Å².